The minimum Gasteiger partial charge on any atom is -0.465 e. The number of carbonyl (C=O) groups is 2. The average molecular weight is 218 g/mol. The van der Waals surface area contributed by atoms with Gasteiger partial charge in [0, 0.05) is 19.6 Å². The molecule has 15 heavy (non-hydrogen) atoms. The molecule has 1 heterocycles. The molecular weight excluding hydrogens is 204 g/mol. The Morgan fingerprint density at radius 1 is 1.27 bits per heavy atom. The van der Waals surface area contributed by atoms with Crippen LogP contribution in [0.1, 0.15) is 6.92 Å². The van der Waals surface area contributed by atoms with Gasteiger partial charge in [0.25, 0.3) is 0 Å². The standard InChI is InChI=1S/C8H14N2O5/c1-5(11)6-4-9(7(12)13)2-3-10(6)8(14)15/h5-6,11H,2-4H2,1H3,(H,12,13)(H,14,15)/t5?,6-/m1/s1. The molecule has 1 aliphatic rings. The molecule has 1 fully saturated rings. The molecule has 0 saturated carbocycles. The lowest BCUT2D eigenvalue weighted by Crippen LogP contribution is -2.59. The van der Waals surface area contributed by atoms with Gasteiger partial charge in [-0.1, -0.05) is 0 Å². The van der Waals surface area contributed by atoms with Crippen molar-refractivity contribution in [3.63, 3.8) is 0 Å². The predicted octanol–water partition coefficient (Wildman–Crippen LogP) is -0.291. The number of hydrogen-bond donors (Lipinski definition) is 3. The Morgan fingerprint density at radius 3 is 2.27 bits per heavy atom. The minimum absolute atomic E-state index is 0.0132. The first-order valence-corrected chi connectivity index (χ1v) is 4.59. The van der Waals surface area contributed by atoms with Crippen LogP contribution in [-0.2, 0) is 0 Å². The van der Waals surface area contributed by atoms with Crippen LogP contribution < -0.4 is 0 Å². The molecule has 2 amide bonds. The van der Waals surface area contributed by atoms with Crippen molar-refractivity contribution in [1.29, 1.82) is 0 Å². The van der Waals surface area contributed by atoms with E-state index in [0.717, 1.165) is 9.80 Å². The summed E-state index contributed by atoms with van der Waals surface area (Å²) < 4.78 is 0. The third-order valence-electron chi connectivity index (χ3n) is 2.49. The smallest absolute Gasteiger partial charge is 0.407 e. The summed E-state index contributed by atoms with van der Waals surface area (Å²) in [6.45, 7) is 1.70. The van der Waals surface area contributed by atoms with Gasteiger partial charge in [0.05, 0.1) is 12.1 Å². The van der Waals surface area contributed by atoms with E-state index >= 15 is 0 Å². The molecule has 1 unspecified atom stereocenters. The Morgan fingerprint density at radius 2 is 1.87 bits per heavy atom. The van der Waals surface area contributed by atoms with Gasteiger partial charge in [-0.3, -0.25) is 4.90 Å². The number of piperazine rings is 1. The topological polar surface area (TPSA) is 101 Å². The van der Waals surface area contributed by atoms with Crippen LogP contribution in [0.3, 0.4) is 0 Å². The molecule has 0 aromatic carbocycles. The lowest BCUT2D eigenvalue weighted by molar-refractivity contribution is 0.0112. The van der Waals surface area contributed by atoms with Crippen molar-refractivity contribution in [3.8, 4) is 0 Å². The second-order valence-corrected chi connectivity index (χ2v) is 3.51. The van der Waals surface area contributed by atoms with Gasteiger partial charge in [0.1, 0.15) is 0 Å². The second kappa shape index (κ2) is 4.35. The van der Waals surface area contributed by atoms with Gasteiger partial charge in [-0.05, 0) is 6.92 Å². The molecule has 7 heteroatoms. The van der Waals surface area contributed by atoms with Crippen LogP contribution in [0.25, 0.3) is 0 Å². The van der Waals surface area contributed by atoms with Crippen LogP contribution in [0.4, 0.5) is 9.59 Å². The van der Waals surface area contributed by atoms with Gasteiger partial charge in [-0.15, -0.1) is 0 Å². The van der Waals surface area contributed by atoms with Crippen molar-refractivity contribution < 1.29 is 24.9 Å². The fourth-order valence-electron chi connectivity index (χ4n) is 1.63. The summed E-state index contributed by atoms with van der Waals surface area (Å²) in [5.41, 5.74) is 0. The van der Waals surface area contributed by atoms with Gasteiger partial charge >= 0.3 is 12.2 Å². The molecule has 2 atom stereocenters. The molecule has 0 aromatic rings. The number of carboxylic acid groups (broad SMARTS) is 2. The molecule has 86 valence electrons. The molecule has 0 spiro atoms. The Balaban J connectivity index is 2.73. The summed E-state index contributed by atoms with van der Waals surface area (Å²) in [4.78, 5) is 23.7. The van der Waals surface area contributed by atoms with Crippen molar-refractivity contribution in [1.82, 2.24) is 9.80 Å². The Bertz CT molecular complexity index is 268. The van der Waals surface area contributed by atoms with Gasteiger partial charge in [0.15, 0.2) is 0 Å². The van der Waals surface area contributed by atoms with Crippen molar-refractivity contribution in [3.05, 3.63) is 0 Å². The van der Waals surface area contributed by atoms with E-state index in [-0.39, 0.29) is 19.6 Å². The SMILES string of the molecule is CC(O)[C@H]1CN(C(=O)O)CCN1C(=O)O. The zero-order valence-electron chi connectivity index (χ0n) is 8.33. The van der Waals surface area contributed by atoms with E-state index in [4.69, 9.17) is 10.2 Å². The number of aliphatic hydroxyl groups excluding tert-OH is 1. The lowest BCUT2D eigenvalue weighted by atomic mass is 10.1. The van der Waals surface area contributed by atoms with E-state index in [1.54, 1.807) is 0 Å². The second-order valence-electron chi connectivity index (χ2n) is 3.51. The molecule has 0 aromatic heterocycles. The Hall–Kier alpha value is -1.50. The summed E-state index contributed by atoms with van der Waals surface area (Å²) in [6.07, 6.45) is -3.11. The first-order valence-electron chi connectivity index (χ1n) is 4.59. The van der Waals surface area contributed by atoms with Crippen LogP contribution in [-0.4, -0.2) is 69.1 Å². The molecule has 1 saturated heterocycles. The largest absolute Gasteiger partial charge is 0.465 e. The highest BCUT2D eigenvalue weighted by atomic mass is 16.4. The normalized spacial score (nSPS) is 23.7. The molecule has 1 rings (SSSR count). The lowest BCUT2D eigenvalue weighted by Gasteiger charge is -2.39. The average Bonchev–Trinajstić information content (AvgIpc) is 2.16. The van der Waals surface area contributed by atoms with Gasteiger partial charge < -0.3 is 20.2 Å². The molecule has 0 radical (unpaired) electrons. The van der Waals surface area contributed by atoms with E-state index in [1.165, 1.54) is 6.92 Å². The zero-order valence-corrected chi connectivity index (χ0v) is 8.33. The van der Waals surface area contributed by atoms with E-state index in [0.29, 0.717) is 0 Å². The van der Waals surface area contributed by atoms with E-state index < -0.39 is 24.3 Å². The first-order chi connectivity index (χ1) is 6.93. The van der Waals surface area contributed by atoms with Crippen LogP contribution in [0.5, 0.6) is 0 Å². The van der Waals surface area contributed by atoms with Crippen molar-refractivity contribution >= 4 is 12.2 Å². The van der Waals surface area contributed by atoms with Gasteiger partial charge in [-0.25, -0.2) is 9.59 Å². The van der Waals surface area contributed by atoms with E-state index in [2.05, 4.69) is 0 Å². The van der Waals surface area contributed by atoms with Gasteiger partial charge in [-0.2, -0.15) is 0 Å². The maximum Gasteiger partial charge on any atom is 0.407 e. The Kier molecular flexibility index (Phi) is 3.35. The highest BCUT2D eigenvalue weighted by Gasteiger charge is 2.34. The monoisotopic (exact) mass is 218 g/mol. The van der Waals surface area contributed by atoms with E-state index in [1.807, 2.05) is 0 Å². The van der Waals surface area contributed by atoms with Crippen molar-refractivity contribution in [2.24, 2.45) is 0 Å². The molecular formula is C8H14N2O5. The van der Waals surface area contributed by atoms with E-state index in [9.17, 15) is 14.7 Å². The van der Waals surface area contributed by atoms with Crippen LogP contribution in [0.15, 0.2) is 0 Å². The van der Waals surface area contributed by atoms with Crippen molar-refractivity contribution in [2.75, 3.05) is 19.6 Å². The number of nitrogens with zero attached hydrogens (tertiary/aromatic N) is 2. The molecule has 7 nitrogen and oxygen atoms in total. The fourth-order valence-corrected chi connectivity index (χ4v) is 1.63. The quantitative estimate of drug-likeness (QED) is 0.561. The summed E-state index contributed by atoms with van der Waals surface area (Å²) in [5, 5.41) is 26.9. The number of amides is 2. The summed E-state index contributed by atoms with van der Waals surface area (Å²) in [7, 11) is 0. The predicted molar refractivity (Wildman–Crippen MR) is 49.8 cm³/mol. The van der Waals surface area contributed by atoms with Crippen LogP contribution in [0, 0.1) is 0 Å². The summed E-state index contributed by atoms with van der Waals surface area (Å²) in [5.74, 6) is 0. The highest BCUT2D eigenvalue weighted by molar-refractivity contribution is 5.68. The number of aliphatic hydroxyl groups is 1. The third-order valence-corrected chi connectivity index (χ3v) is 2.49. The van der Waals surface area contributed by atoms with Gasteiger partial charge in [0.2, 0.25) is 0 Å². The maximum atomic E-state index is 10.8. The first kappa shape index (κ1) is 11.6. The minimum atomic E-state index is -1.13. The zero-order chi connectivity index (χ0) is 11.6. The third kappa shape index (κ3) is 2.50. The fraction of sp³-hybridized carbons (Fsp3) is 0.750. The number of hydrogen-bond acceptors (Lipinski definition) is 3. The van der Waals surface area contributed by atoms with Crippen LogP contribution >= 0.6 is 0 Å². The molecule has 0 aliphatic carbocycles. The summed E-state index contributed by atoms with van der Waals surface area (Å²) >= 11 is 0. The molecule has 0 bridgehead atoms. The Labute approximate surface area is 86.5 Å². The van der Waals surface area contributed by atoms with Crippen LogP contribution in [0.2, 0.25) is 0 Å². The molecule has 3 N–H and O–H groups in total. The highest BCUT2D eigenvalue weighted by Crippen LogP contribution is 2.13. The molecule has 1 aliphatic heterocycles. The van der Waals surface area contributed by atoms with Crippen molar-refractivity contribution in [2.45, 2.75) is 19.1 Å². The summed E-state index contributed by atoms with van der Waals surface area (Å²) in [6, 6.07) is -0.688. The number of rotatable bonds is 1. The maximum absolute atomic E-state index is 10.8.